The first-order valence-electron chi connectivity index (χ1n) is 5.40. The lowest BCUT2D eigenvalue weighted by molar-refractivity contribution is 0.118. The second-order valence-electron chi connectivity index (χ2n) is 4.66. The molecule has 0 aromatic carbocycles. The SMILES string of the molecule is CCOCc1cc(CNC(C)(C)C)co1. The van der Waals surface area contributed by atoms with Gasteiger partial charge < -0.3 is 14.5 Å². The van der Waals surface area contributed by atoms with Crippen molar-refractivity contribution in [2.75, 3.05) is 6.61 Å². The van der Waals surface area contributed by atoms with Crippen LogP contribution in [0.15, 0.2) is 16.7 Å². The Morgan fingerprint density at radius 3 is 2.73 bits per heavy atom. The molecular formula is C12H21NO2. The van der Waals surface area contributed by atoms with Crippen molar-refractivity contribution in [3.8, 4) is 0 Å². The molecule has 0 saturated carbocycles. The molecule has 1 rings (SSSR count). The zero-order valence-electron chi connectivity index (χ0n) is 10.1. The van der Waals surface area contributed by atoms with E-state index < -0.39 is 0 Å². The quantitative estimate of drug-likeness (QED) is 0.813. The highest BCUT2D eigenvalue weighted by molar-refractivity contribution is 5.12. The van der Waals surface area contributed by atoms with Gasteiger partial charge in [0.2, 0.25) is 0 Å². The maximum Gasteiger partial charge on any atom is 0.129 e. The van der Waals surface area contributed by atoms with E-state index in [0.29, 0.717) is 6.61 Å². The van der Waals surface area contributed by atoms with E-state index in [9.17, 15) is 0 Å². The molecule has 86 valence electrons. The number of ether oxygens (including phenoxy) is 1. The third-order valence-corrected chi connectivity index (χ3v) is 1.98. The van der Waals surface area contributed by atoms with Gasteiger partial charge >= 0.3 is 0 Å². The standard InChI is InChI=1S/C12H21NO2/c1-5-14-9-11-6-10(8-15-11)7-13-12(2,3)4/h6,8,13H,5,7,9H2,1-4H3. The van der Waals surface area contributed by atoms with Gasteiger partial charge in [-0.1, -0.05) is 0 Å². The average Bonchev–Trinajstić information content (AvgIpc) is 2.58. The van der Waals surface area contributed by atoms with Gasteiger partial charge in [-0.2, -0.15) is 0 Å². The lowest BCUT2D eigenvalue weighted by Crippen LogP contribution is -2.34. The number of hydrogen-bond acceptors (Lipinski definition) is 3. The van der Waals surface area contributed by atoms with Gasteiger partial charge in [0.25, 0.3) is 0 Å². The van der Waals surface area contributed by atoms with Crippen molar-refractivity contribution in [2.24, 2.45) is 0 Å². The Kier molecular flexibility index (Phi) is 4.36. The van der Waals surface area contributed by atoms with Crippen LogP contribution in [0.1, 0.15) is 39.0 Å². The van der Waals surface area contributed by atoms with E-state index in [-0.39, 0.29) is 5.54 Å². The summed E-state index contributed by atoms with van der Waals surface area (Å²) < 4.78 is 10.6. The lowest BCUT2D eigenvalue weighted by Gasteiger charge is -2.19. The van der Waals surface area contributed by atoms with Gasteiger partial charge in [0.15, 0.2) is 0 Å². The Balaban J connectivity index is 2.39. The molecule has 0 spiro atoms. The van der Waals surface area contributed by atoms with Crippen molar-refractivity contribution >= 4 is 0 Å². The summed E-state index contributed by atoms with van der Waals surface area (Å²) in [5.74, 6) is 0.891. The molecule has 0 bridgehead atoms. The molecule has 3 nitrogen and oxygen atoms in total. The molecule has 0 aliphatic carbocycles. The maximum absolute atomic E-state index is 5.37. The van der Waals surface area contributed by atoms with Crippen LogP contribution in [0.4, 0.5) is 0 Å². The van der Waals surface area contributed by atoms with Crippen molar-refractivity contribution in [2.45, 2.75) is 46.4 Å². The minimum Gasteiger partial charge on any atom is -0.467 e. The third kappa shape index (κ3) is 5.00. The van der Waals surface area contributed by atoms with E-state index in [0.717, 1.165) is 18.9 Å². The molecule has 1 aromatic rings. The molecule has 0 aliphatic rings. The van der Waals surface area contributed by atoms with Crippen LogP contribution in [0.5, 0.6) is 0 Å². The van der Waals surface area contributed by atoms with Gasteiger partial charge in [-0.3, -0.25) is 0 Å². The predicted molar refractivity (Wildman–Crippen MR) is 60.6 cm³/mol. The minimum absolute atomic E-state index is 0.136. The van der Waals surface area contributed by atoms with E-state index in [1.807, 2.05) is 13.0 Å². The summed E-state index contributed by atoms with van der Waals surface area (Å²) in [4.78, 5) is 0. The summed E-state index contributed by atoms with van der Waals surface area (Å²) in [6.45, 7) is 10.5. The lowest BCUT2D eigenvalue weighted by atomic mass is 10.1. The van der Waals surface area contributed by atoms with Crippen molar-refractivity contribution in [3.05, 3.63) is 23.7 Å². The van der Waals surface area contributed by atoms with E-state index in [2.05, 4.69) is 26.1 Å². The summed E-state index contributed by atoms with van der Waals surface area (Å²) in [5, 5.41) is 3.41. The molecule has 0 aliphatic heterocycles. The van der Waals surface area contributed by atoms with E-state index in [1.54, 1.807) is 6.26 Å². The van der Waals surface area contributed by atoms with Crippen LogP contribution in [-0.2, 0) is 17.9 Å². The first-order valence-corrected chi connectivity index (χ1v) is 5.40. The summed E-state index contributed by atoms with van der Waals surface area (Å²) in [7, 11) is 0. The van der Waals surface area contributed by atoms with Gasteiger partial charge in [0, 0.05) is 24.3 Å². The summed E-state index contributed by atoms with van der Waals surface area (Å²) in [5.41, 5.74) is 1.30. The molecule has 0 unspecified atom stereocenters. The monoisotopic (exact) mass is 211 g/mol. The Morgan fingerprint density at radius 1 is 1.40 bits per heavy atom. The van der Waals surface area contributed by atoms with Crippen LogP contribution in [0, 0.1) is 0 Å². The highest BCUT2D eigenvalue weighted by Crippen LogP contribution is 2.10. The van der Waals surface area contributed by atoms with Gasteiger partial charge in [0.05, 0.1) is 6.26 Å². The smallest absolute Gasteiger partial charge is 0.129 e. The minimum atomic E-state index is 0.136. The predicted octanol–water partition coefficient (Wildman–Crippen LogP) is 2.70. The number of furan rings is 1. The first-order chi connectivity index (χ1) is 7.01. The molecule has 1 heterocycles. The van der Waals surface area contributed by atoms with Crippen molar-refractivity contribution in [1.82, 2.24) is 5.32 Å². The normalized spacial score (nSPS) is 12.0. The fourth-order valence-electron chi connectivity index (χ4n) is 1.16. The molecule has 0 saturated heterocycles. The third-order valence-electron chi connectivity index (χ3n) is 1.98. The molecular weight excluding hydrogens is 190 g/mol. The fraction of sp³-hybridized carbons (Fsp3) is 0.667. The largest absolute Gasteiger partial charge is 0.467 e. The van der Waals surface area contributed by atoms with Crippen LogP contribution in [0.25, 0.3) is 0 Å². The number of nitrogens with one attached hydrogen (secondary N) is 1. The van der Waals surface area contributed by atoms with Crippen molar-refractivity contribution in [1.29, 1.82) is 0 Å². The Hall–Kier alpha value is -0.800. The molecule has 0 atom stereocenters. The molecule has 3 heteroatoms. The zero-order valence-corrected chi connectivity index (χ0v) is 10.1. The van der Waals surface area contributed by atoms with Crippen LogP contribution in [-0.4, -0.2) is 12.1 Å². The van der Waals surface area contributed by atoms with Gasteiger partial charge in [-0.05, 0) is 33.8 Å². The summed E-state index contributed by atoms with van der Waals surface area (Å²) in [6, 6.07) is 2.04. The second-order valence-corrected chi connectivity index (χ2v) is 4.66. The summed E-state index contributed by atoms with van der Waals surface area (Å²) >= 11 is 0. The number of rotatable bonds is 5. The maximum atomic E-state index is 5.37. The molecule has 1 N–H and O–H groups in total. The highest BCUT2D eigenvalue weighted by atomic mass is 16.5. The zero-order chi connectivity index (χ0) is 11.3. The molecule has 15 heavy (non-hydrogen) atoms. The Morgan fingerprint density at radius 2 is 2.13 bits per heavy atom. The first kappa shape index (κ1) is 12.3. The van der Waals surface area contributed by atoms with Gasteiger partial charge in [-0.25, -0.2) is 0 Å². The summed E-state index contributed by atoms with van der Waals surface area (Å²) in [6.07, 6.45) is 1.78. The molecule has 1 aromatic heterocycles. The van der Waals surface area contributed by atoms with Gasteiger partial charge in [0.1, 0.15) is 12.4 Å². The van der Waals surface area contributed by atoms with E-state index in [4.69, 9.17) is 9.15 Å². The topological polar surface area (TPSA) is 34.4 Å². The molecule has 0 fully saturated rings. The van der Waals surface area contributed by atoms with Crippen LogP contribution in [0.2, 0.25) is 0 Å². The highest BCUT2D eigenvalue weighted by Gasteiger charge is 2.09. The fourth-order valence-corrected chi connectivity index (χ4v) is 1.16. The van der Waals surface area contributed by atoms with E-state index >= 15 is 0 Å². The van der Waals surface area contributed by atoms with Crippen molar-refractivity contribution < 1.29 is 9.15 Å². The number of hydrogen-bond donors (Lipinski definition) is 1. The van der Waals surface area contributed by atoms with E-state index in [1.165, 1.54) is 5.56 Å². The second kappa shape index (κ2) is 5.33. The average molecular weight is 211 g/mol. The molecule has 0 amide bonds. The Labute approximate surface area is 91.8 Å². The van der Waals surface area contributed by atoms with Crippen LogP contribution < -0.4 is 5.32 Å². The molecule has 0 radical (unpaired) electrons. The van der Waals surface area contributed by atoms with Gasteiger partial charge in [-0.15, -0.1) is 0 Å². The van der Waals surface area contributed by atoms with Crippen molar-refractivity contribution in [3.63, 3.8) is 0 Å². The Bertz CT molecular complexity index is 286. The van der Waals surface area contributed by atoms with Crippen LogP contribution in [0.3, 0.4) is 0 Å². The van der Waals surface area contributed by atoms with Crippen LogP contribution >= 0.6 is 0 Å².